The molecule has 6 heteroatoms. The summed E-state index contributed by atoms with van der Waals surface area (Å²) in [6.07, 6.45) is 3.79. The van der Waals surface area contributed by atoms with Crippen molar-refractivity contribution in [2.75, 3.05) is 12.3 Å². The fraction of sp³-hybridized carbons (Fsp3) is 0.250. The molecule has 0 N–H and O–H groups in total. The van der Waals surface area contributed by atoms with Crippen LogP contribution >= 0.6 is 11.8 Å². The molecular formula is C28H27N3O2S. The van der Waals surface area contributed by atoms with Gasteiger partial charge in [-0.15, -0.1) is 0 Å². The average molecular weight is 470 g/mol. The predicted octanol–water partition coefficient (Wildman–Crippen LogP) is 4.92. The molecule has 0 atom stereocenters. The first-order chi connectivity index (χ1) is 16.7. The Morgan fingerprint density at radius 2 is 1.88 bits per heavy atom. The molecule has 0 bridgehead atoms. The summed E-state index contributed by atoms with van der Waals surface area (Å²) < 4.78 is 1.95. The Kier molecular flexibility index (Phi) is 6.77. The molecule has 34 heavy (non-hydrogen) atoms. The van der Waals surface area contributed by atoms with Crippen LogP contribution in [-0.4, -0.2) is 32.7 Å². The number of carbonyl (C=O) groups is 1. The number of nitrogens with zero attached hydrogens (tertiary/aromatic N) is 3. The number of amides is 1. The van der Waals surface area contributed by atoms with Gasteiger partial charge in [-0.05, 0) is 54.1 Å². The minimum absolute atomic E-state index is 0.00501. The number of aryl methyl sites for hydroxylation is 2. The van der Waals surface area contributed by atoms with Crippen LogP contribution in [0, 0.1) is 0 Å². The summed E-state index contributed by atoms with van der Waals surface area (Å²) in [6, 6.07) is 23.5. The third kappa shape index (κ3) is 4.77. The topological polar surface area (TPSA) is 55.2 Å². The summed E-state index contributed by atoms with van der Waals surface area (Å²) in [5.41, 5.74) is 4.86. The van der Waals surface area contributed by atoms with Crippen molar-refractivity contribution in [2.45, 2.75) is 31.7 Å². The van der Waals surface area contributed by atoms with Crippen molar-refractivity contribution >= 4 is 28.6 Å². The largest absolute Gasteiger partial charge is 0.332 e. The standard InChI is InChI=1S/C28H27N3O2S/c32-27(22-8-2-1-3-9-22)30(19-25-13-4-5-14-29-25)16-17-34-20-24-18-23-11-6-10-21-12-7-15-31(26(21)23)28(24)33/h1-6,8-11,13-14,18H,7,12,15-17,19-20H2. The highest BCUT2D eigenvalue weighted by Gasteiger charge is 2.18. The summed E-state index contributed by atoms with van der Waals surface area (Å²) in [5.74, 6) is 1.37. The van der Waals surface area contributed by atoms with Crippen LogP contribution in [0.25, 0.3) is 10.9 Å². The molecule has 1 amide bonds. The monoisotopic (exact) mass is 469 g/mol. The van der Waals surface area contributed by atoms with Gasteiger partial charge in [-0.2, -0.15) is 11.8 Å². The third-order valence-corrected chi connectivity index (χ3v) is 7.23. The van der Waals surface area contributed by atoms with Crippen molar-refractivity contribution in [2.24, 2.45) is 0 Å². The lowest BCUT2D eigenvalue weighted by atomic mass is 10.0. The van der Waals surface area contributed by atoms with Gasteiger partial charge in [0.05, 0.1) is 17.8 Å². The number of rotatable bonds is 8. The lowest BCUT2D eigenvalue weighted by Gasteiger charge is -2.23. The molecule has 0 saturated carbocycles. The Morgan fingerprint density at radius 1 is 1.03 bits per heavy atom. The number of benzene rings is 2. The zero-order chi connectivity index (χ0) is 23.3. The molecule has 0 spiro atoms. The van der Waals surface area contributed by atoms with Gasteiger partial charge in [0.25, 0.3) is 11.5 Å². The van der Waals surface area contributed by atoms with Gasteiger partial charge in [0, 0.05) is 41.9 Å². The van der Waals surface area contributed by atoms with Crippen LogP contribution < -0.4 is 5.56 Å². The quantitative estimate of drug-likeness (QED) is 0.344. The minimum Gasteiger partial charge on any atom is -0.332 e. The van der Waals surface area contributed by atoms with Gasteiger partial charge in [-0.25, -0.2) is 0 Å². The second-order valence-corrected chi connectivity index (χ2v) is 9.66. The van der Waals surface area contributed by atoms with Crippen LogP contribution in [0.2, 0.25) is 0 Å². The molecule has 0 saturated heterocycles. The van der Waals surface area contributed by atoms with E-state index in [1.54, 1.807) is 18.0 Å². The lowest BCUT2D eigenvalue weighted by Crippen LogP contribution is -2.33. The third-order valence-electron chi connectivity index (χ3n) is 6.25. The highest BCUT2D eigenvalue weighted by molar-refractivity contribution is 7.98. The molecule has 4 aromatic rings. The number of hydrogen-bond acceptors (Lipinski definition) is 4. The highest BCUT2D eigenvalue weighted by atomic mass is 32.2. The molecule has 5 nitrogen and oxygen atoms in total. The van der Waals surface area contributed by atoms with Gasteiger partial charge in [-0.1, -0.05) is 42.5 Å². The zero-order valence-corrected chi connectivity index (χ0v) is 19.8. The maximum Gasteiger partial charge on any atom is 0.255 e. The lowest BCUT2D eigenvalue weighted by molar-refractivity contribution is 0.0752. The minimum atomic E-state index is -0.00501. The van der Waals surface area contributed by atoms with Crippen LogP contribution in [-0.2, 0) is 25.3 Å². The van der Waals surface area contributed by atoms with Crippen LogP contribution in [0.3, 0.4) is 0 Å². The number of thioether (sulfide) groups is 1. The maximum absolute atomic E-state index is 13.2. The Morgan fingerprint density at radius 3 is 2.71 bits per heavy atom. The summed E-state index contributed by atoms with van der Waals surface area (Å²) >= 11 is 1.69. The van der Waals surface area contributed by atoms with Crippen molar-refractivity contribution in [3.63, 3.8) is 0 Å². The highest BCUT2D eigenvalue weighted by Crippen LogP contribution is 2.25. The normalized spacial score (nSPS) is 12.6. The van der Waals surface area contributed by atoms with Gasteiger partial charge in [0.2, 0.25) is 0 Å². The van der Waals surface area contributed by atoms with E-state index in [4.69, 9.17) is 0 Å². The molecule has 5 rings (SSSR count). The van der Waals surface area contributed by atoms with Crippen molar-refractivity contribution in [1.29, 1.82) is 0 Å². The fourth-order valence-electron chi connectivity index (χ4n) is 4.59. The van der Waals surface area contributed by atoms with E-state index in [9.17, 15) is 9.59 Å². The second-order valence-electron chi connectivity index (χ2n) is 8.55. The van der Waals surface area contributed by atoms with Crippen molar-refractivity contribution in [3.8, 4) is 0 Å². The molecule has 1 aliphatic heterocycles. The van der Waals surface area contributed by atoms with Gasteiger partial charge in [-0.3, -0.25) is 14.6 Å². The van der Waals surface area contributed by atoms with Gasteiger partial charge in [0.1, 0.15) is 0 Å². The molecule has 1 aliphatic rings. The van der Waals surface area contributed by atoms with Crippen molar-refractivity contribution in [3.05, 3.63) is 112 Å². The first-order valence-corrected chi connectivity index (χ1v) is 12.8. The van der Waals surface area contributed by atoms with Gasteiger partial charge in [0.15, 0.2) is 0 Å². The van der Waals surface area contributed by atoms with Crippen molar-refractivity contribution < 1.29 is 4.79 Å². The molecule has 0 radical (unpaired) electrons. The SMILES string of the molecule is O=C(c1ccccc1)N(CCSCc1cc2cccc3c2n(c1=O)CCC3)Cc1ccccn1. The predicted molar refractivity (Wildman–Crippen MR) is 138 cm³/mol. The van der Waals surface area contributed by atoms with E-state index in [-0.39, 0.29) is 11.5 Å². The first kappa shape index (κ1) is 22.4. The number of pyridine rings is 2. The van der Waals surface area contributed by atoms with E-state index in [1.807, 2.05) is 58.0 Å². The summed E-state index contributed by atoms with van der Waals surface area (Å²) in [5, 5.41) is 1.14. The van der Waals surface area contributed by atoms with E-state index in [0.717, 1.165) is 47.3 Å². The van der Waals surface area contributed by atoms with E-state index in [0.29, 0.717) is 24.4 Å². The average Bonchev–Trinajstić information content (AvgIpc) is 2.89. The van der Waals surface area contributed by atoms with Gasteiger partial charge >= 0.3 is 0 Å². The van der Waals surface area contributed by atoms with Crippen LogP contribution in [0.4, 0.5) is 0 Å². The summed E-state index contributed by atoms with van der Waals surface area (Å²) in [6.45, 7) is 1.83. The number of hydrogen-bond donors (Lipinski definition) is 0. The molecule has 0 fully saturated rings. The summed E-state index contributed by atoms with van der Waals surface area (Å²) in [7, 11) is 0. The Hall–Kier alpha value is -3.38. The van der Waals surface area contributed by atoms with E-state index >= 15 is 0 Å². The smallest absolute Gasteiger partial charge is 0.255 e. The fourth-order valence-corrected chi connectivity index (χ4v) is 5.51. The van der Waals surface area contributed by atoms with Gasteiger partial charge < -0.3 is 9.47 Å². The molecule has 172 valence electrons. The summed E-state index contributed by atoms with van der Waals surface area (Å²) in [4.78, 5) is 32.5. The van der Waals surface area contributed by atoms with Crippen LogP contribution in [0.5, 0.6) is 0 Å². The number of aromatic nitrogens is 2. The molecule has 2 aromatic carbocycles. The maximum atomic E-state index is 13.2. The molecular weight excluding hydrogens is 442 g/mol. The Balaban J connectivity index is 1.29. The molecule has 2 aromatic heterocycles. The Labute approximate surface area is 203 Å². The molecule has 0 unspecified atom stereocenters. The zero-order valence-electron chi connectivity index (χ0n) is 19.0. The molecule has 0 aliphatic carbocycles. The molecule has 3 heterocycles. The van der Waals surface area contributed by atoms with E-state index in [1.165, 1.54) is 5.56 Å². The van der Waals surface area contributed by atoms with Crippen LogP contribution in [0.1, 0.15) is 33.6 Å². The van der Waals surface area contributed by atoms with E-state index < -0.39 is 0 Å². The van der Waals surface area contributed by atoms with Crippen LogP contribution in [0.15, 0.2) is 83.8 Å². The Bertz CT molecular complexity index is 1350. The van der Waals surface area contributed by atoms with Crippen molar-refractivity contribution in [1.82, 2.24) is 14.5 Å². The second kappa shape index (κ2) is 10.3. The number of carbonyl (C=O) groups excluding carboxylic acids is 1. The van der Waals surface area contributed by atoms with E-state index in [2.05, 4.69) is 29.2 Å². The number of para-hydroxylation sites is 1. The first-order valence-electron chi connectivity index (χ1n) is 11.7.